The summed E-state index contributed by atoms with van der Waals surface area (Å²) in [5.74, 6) is 0.810. The lowest BCUT2D eigenvalue weighted by Crippen LogP contribution is -2.38. The number of benzene rings is 2. The number of nitrogens with two attached hydrogens (primary N) is 1. The van der Waals surface area contributed by atoms with Crippen LogP contribution in [0, 0.1) is 0 Å². The minimum atomic E-state index is -3.98. The van der Waals surface area contributed by atoms with Crippen molar-refractivity contribution in [3.05, 3.63) is 41.3 Å². The fourth-order valence-corrected chi connectivity index (χ4v) is 3.57. The Labute approximate surface area is 192 Å². The number of hydrogen-bond donors (Lipinski definition) is 4. The normalized spacial score (nSPS) is 12.2. The molecule has 1 amide bonds. The van der Waals surface area contributed by atoms with E-state index in [1.807, 2.05) is 0 Å². The zero-order valence-electron chi connectivity index (χ0n) is 18.6. The Morgan fingerprint density at radius 2 is 1.64 bits per heavy atom. The highest BCUT2D eigenvalue weighted by molar-refractivity contribution is 7.95. The third-order valence-electron chi connectivity index (χ3n) is 4.42. The molecular formula is C21H27N3O8S. The van der Waals surface area contributed by atoms with Gasteiger partial charge < -0.3 is 35.1 Å². The van der Waals surface area contributed by atoms with Crippen molar-refractivity contribution in [3.63, 3.8) is 0 Å². The molecule has 0 heterocycles. The van der Waals surface area contributed by atoms with Crippen LogP contribution >= 0.6 is 0 Å². The summed E-state index contributed by atoms with van der Waals surface area (Å²) in [7, 11) is 1.78. The lowest BCUT2D eigenvalue weighted by Gasteiger charge is -2.15. The predicted molar refractivity (Wildman–Crippen MR) is 124 cm³/mol. The summed E-state index contributed by atoms with van der Waals surface area (Å²) in [5.41, 5.74) is 6.23. The third kappa shape index (κ3) is 6.75. The van der Waals surface area contributed by atoms with E-state index in [9.17, 15) is 13.2 Å². The number of aliphatic hydroxyl groups is 1. The highest BCUT2D eigenvalue weighted by Gasteiger charge is 2.17. The highest BCUT2D eigenvalue weighted by Crippen LogP contribution is 2.35. The zero-order chi connectivity index (χ0) is 24.6. The van der Waals surface area contributed by atoms with Crippen LogP contribution in [0.4, 0.5) is 11.4 Å². The molecule has 0 saturated carbocycles. The first-order valence-corrected chi connectivity index (χ1v) is 11.1. The molecule has 2 aromatic rings. The molecule has 180 valence electrons. The van der Waals surface area contributed by atoms with Gasteiger partial charge in [-0.3, -0.25) is 9.52 Å². The molecule has 2 rings (SSSR count). The van der Waals surface area contributed by atoms with Crippen LogP contribution in [0.5, 0.6) is 23.0 Å². The Hall–Kier alpha value is -3.48. The fourth-order valence-electron chi connectivity index (χ4n) is 2.73. The number of carbonyl (C=O) groups excluding carboxylic acids is 1. The molecule has 0 bridgehead atoms. The minimum absolute atomic E-state index is 0.155. The van der Waals surface area contributed by atoms with Crippen molar-refractivity contribution in [2.45, 2.75) is 6.04 Å². The van der Waals surface area contributed by atoms with Gasteiger partial charge in [-0.2, -0.15) is 0 Å². The zero-order valence-corrected chi connectivity index (χ0v) is 19.4. The van der Waals surface area contributed by atoms with Crippen molar-refractivity contribution in [2.75, 3.05) is 45.1 Å². The summed E-state index contributed by atoms with van der Waals surface area (Å²) < 4.78 is 48.7. The van der Waals surface area contributed by atoms with Gasteiger partial charge in [-0.25, -0.2) is 8.42 Å². The van der Waals surface area contributed by atoms with Crippen molar-refractivity contribution >= 4 is 33.4 Å². The molecule has 2 aromatic carbocycles. The number of aliphatic hydroxyl groups excluding tert-OH is 1. The molecule has 0 saturated heterocycles. The van der Waals surface area contributed by atoms with Crippen LogP contribution in [0.1, 0.15) is 5.56 Å². The summed E-state index contributed by atoms with van der Waals surface area (Å²) >= 11 is 0. The highest BCUT2D eigenvalue weighted by atomic mass is 32.2. The number of anilines is 2. The van der Waals surface area contributed by atoms with Gasteiger partial charge in [0.05, 0.1) is 57.4 Å². The van der Waals surface area contributed by atoms with Crippen LogP contribution in [0.15, 0.2) is 35.7 Å². The number of ether oxygens (including phenoxy) is 4. The Balaban J connectivity index is 2.32. The first-order valence-electron chi connectivity index (χ1n) is 9.54. The van der Waals surface area contributed by atoms with E-state index in [4.69, 9.17) is 29.8 Å². The van der Waals surface area contributed by atoms with Gasteiger partial charge >= 0.3 is 0 Å². The van der Waals surface area contributed by atoms with Crippen molar-refractivity contribution < 1.29 is 37.3 Å². The quantitative estimate of drug-likeness (QED) is 0.372. The van der Waals surface area contributed by atoms with Gasteiger partial charge in [-0.1, -0.05) is 0 Å². The molecule has 12 heteroatoms. The molecule has 11 nitrogen and oxygen atoms in total. The second-order valence-electron chi connectivity index (χ2n) is 6.59. The average Bonchev–Trinajstić information content (AvgIpc) is 2.81. The Bertz CT molecular complexity index is 1090. The van der Waals surface area contributed by atoms with Gasteiger partial charge in [0, 0.05) is 12.1 Å². The van der Waals surface area contributed by atoms with Gasteiger partial charge in [-0.15, -0.1) is 0 Å². The van der Waals surface area contributed by atoms with E-state index in [1.54, 1.807) is 12.1 Å². The van der Waals surface area contributed by atoms with Crippen LogP contribution in [-0.4, -0.2) is 60.5 Å². The monoisotopic (exact) mass is 481 g/mol. The van der Waals surface area contributed by atoms with Crippen LogP contribution < -0.4 is 34.7 Å². The van der Waals surface area contributed by atoms with E-state index >= 15 is 0 Å². The van der Waals surface area contributed by atoms with Crippen molar-refractivity contribution in [1.82, 2.24) is 0 Å². The number of sulfonamides is 1. The van der Waals surface area contributed by atoms with E-state index in [2.05, 4.69) is 10.0 Å². The molecule has 0 aliphatic heterocycles. The largest absolute Gasteiger partial charge is 0.496 e. The second-order valence-corrected chi connectivity index (χ2v) is 8.16. The number of nitrogens with one attached hydrogen (secondary N) is 2. The maximum absolute atomic E-state index is 12.7. The lowest BCUT2D eigenvalue weighted by atomic mass is 10.1. The molecule has 5 N–H and O–H groups in total. The summed E-state index contributed by atoms with van der Waals surface area (Å²) in [6.07, 6.45) is 1.33. The molecule has 0 unspecified atom stereocenters. The number of carbonyl (C=O) groups is 1. The van der Waals surface area contributed by atoms with E-state index in [-0.39, 0.29) is 17.1 Å². The standard InChI is InChI=1S/C21H27N3O8S/c1-29-14-10-19(31-3)15(20(11-14)32-4)7-8-33(27,28)24-13-5-6-18(30-2)17(9-13)23-21(26)16(22)12-25/h5-11,16,24-25H,12,22H2,1-4H3,(H,23,26)/b8-7+/t16-/m1/s1. The molecule has 0 fully saturated rings. The van der Waals surface area contributed by atoms with Crippen molar-refractivity contribution in [2.24, 2.45) is 5.73 Å². The summed E-state index contributed by atoms with van der Waals surface area (Å²) in [6.45, 7) is -0.552. The smallest absolute Gasteiger partial charge is 0.255 e. The number of methoxy groups -OCH3 is 4. The number of hydrogen-bond acceptors (Lipinski definition) is 9. The summed E-state index contributed by atoms with van der Waals surface area (Å²) in [5, 5.41) is 12.5. The van der Waals surface area contributed by atoms with Gasteiger partial charge in [-0.05, 0) is 24.3 Å². The average molecular weight is 482 g/mol. The van der Waals surface area contributed by atoms with Gasteiger partial charge in [0.15, 0.2) is 0 Å². The van der Waals surface area contributed by atoms with E-state index in [1.165, 1.54) is 52.7 Å². The Morgan fingerprint density at radius 3 is 2.15 bits per heavy atom. The summed E-state index contributed by atoms with van der Waals surface area (Å²) in [6, 6.07) is 6.33. The third-order valence-corrected chi connectivity index (χ3v) is 5.43. The van der Waals surface area contributed by atoms with Crippen LogP contribution in [0.3, 0.4) is 0 Å². The van der Waals surface area contributed by atoms with Gasteiger partial charge in [0.2, 0.25) is 5.91 Å². The van der Waals surface area contributed by atoms with Crippen LogP contribution in [0.2, 0.25) is 0 Å². The molecule has 0 radical (unpaired) electrons. The second kappa shape index (κ2) is 11.4. The maximum atomic E-state index is 12.7. The minimum Gasteiger partial charge on any atom is -0.496 e. The predicted octanol–water partition coefficient (Wildman–Crippen LogP) is 1.39. The van der Waals surface area contributed by atoms with Crippen molar-refractivity contribution in [3.8, 4) is 23.0 Å². The first-order chi connectivity index (χ1) is 15.7. The van der Waals surface area contributed by atoms with E-state index < -0.39 is 28.6 Å². The first kappa shape index (κ1) is 25.8. The Morgan fingerprint density at radius 1 is 1.03 bits per heavy atom. The fraction of sp³-hybridized carbons (Fsp3) is 0.286. The number of rotatable bonds is 11. The van der Waals surface area contributed by atoms with Crippen molar-refractivity contribution in [1.29, 1.82) is 0 Å². The molecule has 33 heavy (non-hydrogen) atoms. The van der Waals surface area contributed by atoms with Crippen LogP contribution in [0.25, 0.3) is 6.08 Å². The lowest BCUT2D eigenvalue weighted by molar-refractivity contribution is -0.118. The van der Waals surface area contributed by atoms with E-state index in [0.29, 0.717) is 22.8 Å². The van der Waals surface area contributed by atoms with Crippen LogP contribution in [-0.2, 0) is 14.8 Å². The van der Waals surface area contributed by atoms with Gasteiger partial charge in [0.1, 0.15) is 29.0 Å². The SMILES string of the molecule is COc1cc(OC)c(/C=C/S(=O)(=O)Nc2ccc(OC)c(NC(=O)[C@H](N)CO)c2)c(OC)c1. The molecule has 1 atom stereocenters. The summed E-state index contributed by atoms with van der Waals surface area (Å²) in [4.78, 5) is 12.0. The topological polar surface area (TPSA) is 158 Å². The molecular weight excluding hydrogens is 454 g/mol. The Kier molecular flexibility index (Phi) is 8.91. The van der Waals surface area contributed by atoms with Gasteiger partial charge in [0.25, 0.3) is 10.0 Å². The molecule has 0 aliphatic rings. The van der Waals surface area contributed by atoms with E-state index in [0.717, 1.165) is 5.41 Å². The molecule has 0 aromatic heterocycles. The molecule has 0 spiro atoms. The maximum Gasteiger partial charge on any atom is 0.255 e. The molecule has 0 aliphatic carbocycles. The number of amides is 1.